The average Bonchev–Trinajstić information content (AvgIpc) is 2.47. The number of nitrogens with two attached hydrogens (primary N) is 1. The summed E-state index contributed by atoms with van der Waals surface area (Å²) in [6.07, 6.45) is -0.271. The van der Waals surface area contributed by atoms with Crippen LogP contribution in [-0.4, -0.2) is 51.0 Å². The number of morpholine rings is 1. The molecule has 22 heavy (non-hydrogen) atoms. The lowest BCUT2D eigenvalue weighted by atomic mass is 10.3. The molecular weight excluding hydrogens is 330 g/mol. The summed E-state index contributed by atoms with van der Waals surface area (Å²) in [4.78, 5) is 11.1. The van der Waals surface area contributed by atoms with E-state index in [2.05, 4.69) is 5.32 Å². The molecule has 0 saturated carbocycles. The molecular formula is C13H20ClN3O4S. The zero-order valence-electron chi connectivity index (χ0n) is 12.2. The van der Waals surface area contributed by atoms with Gasteiger partial charge in [0, 0.05) is 32.2 Å². The molecule has 2 rings (SSSR count). The highest BCUT2D eigenvalue weighted by molar-refractivity contribution is 7.89. The van der Waals surface area contributed by atoms with E-state index in [-0.39, 0.29) is 42.4 Å². The SMILES string of the molecule is CC(=O)Nc1ccc(S(=O)(=O)N2CCOC(CN)C2)cc1.Cl. The van der Waals surface area contributed by atoms with E-state index in [9.17, 15) is 13.2 Å². The van der Waals surface area contributed by atoms with Gasteiger partial charge in [-0.1, -0.05) is 0 Å². The molecule has 0 aliphatic carbocycles. The van der Waals surface area contributed by atoms with Crippen molar-refractivity contribution in [1.29, 1.82) is 0 Å². The predicted octanol–water partition coefficient (Wildman–Crippen LogP) is 0.415. The van der Waals surface area contributed by atoms with Gasteiger partial charge in [0.15, 0.2) is 0 Å². The summed E-state index contributed by atoms with van der Waals surface area (Å²) >= 11 is 0. The zero-order chi connectivity index (χ0) is 15.5. The van der Waals surface area contributed by atoms with Crippen LogP contribution in [0.4, 0.5) is 5.69 Å². The maximum Gasteiger partial charge on any atom is 0.243 e. The van der Waals surface area contributed by atoms with E-state index in [1.807, 2.05) is 0 Å². The quantitative estimate of drug-likeness (QED) is 0.820. The highest BCUT2D eigenvalue weighted by Crippen LogP contribution is 2.20. The molecule has 0 aromatic heterocycles. The minimum atomic E-state index is -3.57. The van der Waals surface area contributed by atoms with E-state index in [4.69, 9.17) is 10.5 Å². The van der Waals surface area contributed by atoms with Crippen LogP contribution in [0.2, 0.25) is 0 Å². The van der Waals surface area contributed by atoms with Gasteiger partial charge in [-0.3, -0.25) is 4.79 Å². The summed E-state index contributed by atoms with van der Waals surface area (Å²) in [7, 11) is -3.57. The average molecular weight is 350 g/mol. The van der Waals surface area contributed by atoms with Gasteiger partial charge in [0.25, 0.3) is 0 Å². The van der Waals surface area contributed by atoms with Gasteiger partial charge in [-0.15, -0.1) is 12.4 Å². The number of carbonyl (C=O) groups excluding carboxylic acids is 1. The number of amides is 1. The van der Waals surface area contributed by atoms with Crippen molar-refractivity contribution >= 4 is 34.0 Å². The van der Waals surface area contributed by atoms with Crippen LogP contribution >= 0.6 is 12.4 Å². The van der Waals surface area contributed by atoms with Crippen LogP contribution in [0.3, 0.4) is 0 Å². The molecule has 1 atom stereocenters. The summed E-state index contributed by atoms with van der Waals surface area (Å²) < 4.78 is 31.8. The van der Waals surface area contributed by atoms with Crippen molar-refractivity contribution in [2.75, 3.05) is 31.6 Å². The third-order valence-corrected chi connectivity index (χ3v) is 5.06. The number of rotatable bonds is 4. The lowest BCUT2D eigenvalue weighted by Gasteiger charge is -2.31. The number of benzene rings is 1. The Kier molecular flexibility index (Phi) is 6.76. The lowest BCUT2D eigenvalue weighted by Crippen LogP contribution is -2.48. The fourth-order valence-electron chi connectivity index (χ4n) is 2.12. The first kappa shape index (κ1) is 18.9. The van der Waals surface area contributed by atoms with Gasteiger partial charge >= 0.3 is 0 Å². The topological polar surface area (TPSA) is 102 Å². The number of halogens is 1. The second-order valence-corrected chi connectivity index (χ2v) is 6.74. The molecule has 0 bridgehead atoms. The second kappa shape index (κ2) is 7.89. The molecule has 1 fully saturated rings. The summed E-state index contributed by atoms with van der Waals surface area (Å²) in [6.45, 7) is 2.59. The highest BCUT2D eigenvalue weighted by Gasteiger charge is 2.30. The van der Waals surface area contributed by atoms with Crippen molar-refractivity contribution in [2.24, 2.45) is 5.73 Å². The smallest absolute Gasteiger partial charge is 0.243 e. The van der Waals surface area contributed by atoms with Crippen molar-refractivity contribution in [3.63, 3.8) is 0 Å². The molecule has 1 aliphatic heterocycles. The Labute approximate surface area is 136 Å². The molecule has 1 amide bonds. The summed E-state index contributed by atoms with van der Waals surface area (Å²) in [5.74, 6) is -0.204. The van der Waals surface area contributed by atoms with E-state index in [0.29, 0.717) is 18.8 Å². The monoisotopic (exact) mass is 349 g/mol. The van der Waals surface area contributed by atoms with Gasteiger partial charge in [0.2, 0.25) is 15.9 Å². The van der Waals surface area contributed by atoms with Crippen molar-refractivity contribution in [1.82, 2.24) is 4.31 Å². The second-order valence-electron chi connectivity index (χ2n) is 4.80. The molecule has 1 aromatic rings. The van der Waals surface area contributed by atoms with Crippen molar-refractivity contribution in [2.45, 2.75) is 17.9 Å². The third-order valence-electron chi connectivity index (χ3n) is 3.18. The van der Waals surface area contributed by atoms with Crippen molar-refractivity contribution < 1.29 is 17.9 Å². The lowest BCUT2D eigenvalue weighted by molar-refractivity contribution is -0.114. The molecule has 9 heteroatoms. The van der Waals surface area contributed by atoms with Crippen LogP contribution in [0.5, 0.6) is 0 Å². The summed E-state index contributed by atoms with van der Waals surface area (Å²) in [6, 6.07) is 6.09. The number of hydrogen-bond acceptors (Lipinski definition) is 5. The number of nitrogens with one attached hydrogen (secondary N) is 1. The first-order valence-electron chi connectivity index (χ1n) is 6.63. The summed E-state index contributed by atoms with van der Waals surface area (Å²) in [5.41, 5.74) is 6.09. The van der Waals surface area contributed by atoms with Crippen LogP contribution in [0.25, 0.3) is 0 Å². The molecule has 1 saturated heterocycles. The fourth-order valence-corrected chi connectivity index (χ4v) is 3.57. The fraction of sp³-hybridized carbons (Fsp3) is 0.462. The highest BCUT2D eigenvalue weighted by atomic mass is 35.5. The molecule has 0 spiro atoms. The Morgan fingerprint density at radius 1 is 1.41 bits per heavy atom. The minimum absolute atomic E-state index is 0. The minimum Gasteiger partial charge on any atom is -0.374 e. The molecule has 1 aromatic carbocycles. The number of hydrogen-bond donors (Lipinski definition) is 2. The van der Waals surface area contributed by atoms with Gasteiger partial charge in [0.05, 0.1) is 17.6 Å². The van der Waals surface area contributed by atoms with Gasteiger partial charge in [-0.05, 0) is 24.3 Å². The van der Waals surface area contributed by atoms with E-state index >= 15 is 0 Å². The molecule has 0 radical (unpaired) electrons. The van der Waals surface area contributed by atoms with Crippen LogP contribution in [0.1, 0.15) is 6.92 Å². The largest absolute Gasteiger partial charge is 0.374 e. The Bertz CT molecular complexity index is 606. The summed E-state index contributed by atoms with van der Waals surface area (Å²) in [5, 5.41) is 2.60. The molecule has 1 heterocycles. The van der Waals surface area contributed by atoms with Crippen molar-refractivity contribution in [3.05, 3.63) is 24.3 Å². The molecule has 1 unspecified atom stereocenters. The number of sulfonamides is 1. The van der Waals surface area contributed by atoms with E-state index in [0.717, 1.165) is 0 Å². The van der Waals surface area contributed by atoms with Gasteiger partial charge < -0.3 is 15.8 Å². The third kappa shape index (κ3) is 4.40. The standard InChI is InChI=1S/C13H19N3O4S.ClH/c1-10(17)15-11-2-4-13(5-3-11)21(18,19)16-6-7-20-12(8-14)9-16;/h2-5,12H,6-9,14H2,1H3,(H,15,17);1H. The Morgan fingerprint density at radius 3 is 2.59 bits per heavy atom. The number of anilines is 1. The van der Waals surface area contributed by atoms with Gasteiger partial charge in [-0.25, -0.2) is 8.42 Å². The van der Waals surface area contributed by atoms with Crippen molar-refractivity contribution in [3.8, 4) is 0 Å². The van der Waals surface area contributed by atoms with E-state index < -0.39 is 10.0 Å². The Hall–Kier alpha value is -1.19. The van der Waals surface area contributed by atoms with Crippen LogP contribution in [0, 0.1) is 0 Å². The van der Waals surface area contributed by atoms with Gasteiger partial charge in [-0.2, -0.15) is 4.31 Å². The Balaban J connectivity index is 0.00000242. The van der Waals surface area contributed by atoms with Crippen LogP contribution in [-0.2, 0) is 19.6 Å². The van der Waals surface area contributed by atoms with Gasteiger partial charge in [0.1, 0.15) is 0 Å². The maximum absolute atomic E-state index is 12.5. The first-order valence-corrected chi connectivity index (χ1v) is 8.07. The number of carbonyl (C=O) groups is 1. The normalized spacial score (nSPS) is 19.3. The van der Waals surface area contributed by atoms with E-state index in [1.54, 1.807) is 12.1 Å². The molecule has 124 valence electrons. The first-order chi connectivity index (χ1) is 9.93. The van der Waals surface area contributed by atoms with Crippen LogP contribution < -0.4 is 11.1 Å². The predicted molar refractivity (Wildman–Crippen MR) is 85.5 cm³/mol. The molecule has 3 N–H and O–H groups in total. The Morgan fingerprint density at radius 2 is 2.05 bits per heavy atom. The molecule has 7 nitrogen and oxygen atoms in total. The number of nitrogens with zero attached hydrogens (tertiary/aromatic N) is 1. The zero-order valence-corrected chi connectivity index (χ0v) is 13.8. The molecule has 1 aliphatic rings. The number of ether oxygens (including phenoxy) is 1. The van der Waals surface area contributed by atoms with Crippen LogP contribution in [0.15, 0.2) is 29.2 Å². The maximum atomic E-state index is 12.5. The van der Waals surface area contributed by atoms with E-state index in [1.165, 1.54) is 23.4 Å².